The lowest BCUT2D eigenvalue weighted by molar-refractivity contribution is -0.137. The number of ether oxygens (including phenoxy) is 1. The molecular formula is C24H27N3O4. The minimum Gasteiger partial charge on any atom is -0.497 e. The monoisotopic (exact) mass is 421 g/mol. The molecule has 2 heterocycles. The number of hydrogen-bond donors (Lipinski definition) is 1. The lowest BCUT2D eigenvalue weighted by atomic mass is 9.92. The fourth-order valence-electron chi connectivity index (χ4n) is 4.24. The Morgan fingerprint density at radius 2 is 1.81 bits per heavy atom. The fourth-order valence-corrected chi connectivity index (χ4v) is 4.24. The van der Waals surface area contributed by atoms with Crippen molar-refractivity contribution in [2.75, 3.05) is 26.7 Å². The highest BCUT2D eigenvalue weighted by atomic mass is 16.5. The van der Waals surface area contributed by atoms with E-state index >= 15 is 0 Å². The second kappa shape index (κ2) is 9.31. The van der Waals surface area contributed by atoms with Gasteiger partial charge in [0.05, 0.1) is 18.1 Å². The van der Waals surface area contributed by atoms with E-state index in [2.05, 4.69) is 22.0 Å². The summed E-state index contributed by atoms with van der Waals surface area (Å²) in [6, 6.07) is 15.4. The Morgan fingerprint density at radius 1 is 1.10 bits per heavy atom. The molecule has 7 heteroatoms. The predicted molar refractivity (Wildman–Crippen MR) is 118 cm³/mol. The van der Waals surface area contributed by atoms with E-state index in [4.69, 9.17) is 4.74 Å². The number of nitrogens with zero attached hydrogens (tertiary/aromatic N) is 3. The van der Waals surface area contributed by atoms with Crippen molar-refractivity contribution in [2.45, 2.75) is 25.8 Å². The molecule has 0 spiro atoms. The van der Waals surface area contributed by atoms with Crippen LogP contribution in [0, 0.1) is 5.92 Å². The van der Waals surface area contributed by atoms with Crippen LogP contribution >= 0.6 is 0 Å². The zero-order chi connectivity index (χ0) is 21.8. The molecule has 162 valence electrons. The van der Waals surface area contributed by atoms with Crippen molar-refractivity contribution >= 4 is 22.8 Å². The molecule has 0 radical (unpaired) electrons. The maximum atomic E-state index is 13.2. The van der Waals surface area contributed by atoms with Gasteiger partial charge in [-0.15, -0.1) is 0 Å². The number of carboxylic acid groups (broad SMARTS) is 1. The first-order valence-corrected chi connectivity index (χ1v) is 10.6. The van der Waals surface area contributed by atoms with Crippen LogP contribution in [-0.2, 0) is 17.8 Å². The molecule has 4 rings (SSSR count). The molecular weight excluding hydrogens is 394 g/mol. The number of carboxylic acids is 1. The van der Waals surface area contributed by atoms with E-state index < -0.39 is 5.97 Å². The third-order valence-electron chi connectivity index (χ3n) is 6.00. The molecule has 0 atom stereocenters. The fraction of sp³-hybridized carbons (Fsp3) is 0.375. The molecule has 0 amide bonds. The number of ketones is 1. The van der Waals surface area contributed by atoms with Gasteiger partial charge in [0.2, 0.25) is 5.78 Å². The largest absolute Gasteiger partial charge is 0.497 e. The molecule has 1 aliphatic heterocycles. The maximum Gasteiger partial charge on any atom is 0.323 e. The molecule has 1 aromatic heterocycles. The molecule has 31 heavy (non-hydrogen) atoms. The number of methoxy groups -OCH3 is 1. The van der Waals surface area contributed by atoms with Gasteiger partial charge in [0, 0.05) is 12.5 Å². The number of carbonyl (C=O) groups is 2. The van der Waals surface area contributed by atoms with E-state index in [1.165, 1.54) is 10.1 Å². The summed E-state index contributed by atoms with van der Waals surface area (Å²) >= 11 is 0. The van der Waals surface area contributed by atoms with E-state index in [1.54, 1.807) is 7.11 Å². The Bertz CT molecular complexity index is 1070. The predicted octanol–water partition coefficient (Wildman–Crippen LogP) is 3.27. The van der Waals surface area contributed by atoms with Gasteiger partial charge in [-0.1, -0.05) is 24.3 Å². The Balaban J connectivity index is 1.38. The molecule has 0 unspecified atom stereocenters. The highest BCUT2D eigenvalue weighted by Gasteiger charge is 2.29. The number of carbonyl (C=O) groups excluding carboxylic acids is 1. The first-order chi connectivity index (χ1) is 15.0. The summed E-state index contributed by atoms with van der Waals surface area (Å²) in [4.78, 5) is 31.4. The second-order valence-electron chi connectivity index (χ2n) is 7.98. The van der Waals surface area contributed by atoms with Gasteiger partial charge >= 0.3 is 5.97 Å². The van der Waals surface area contributed by atoms with E-state index in [1.807, 2.05) is 36.4 Å². The summed E-state index contributed by atoms with van der Waals surface area (Å²) in [5.74, 6) is -0.0309. The number of benzene rings is 2. The van der Waals surface area contributed by atoms with Gasteiger partial charge in [-0.2, -0.15) is 0 Å². The standard InChI is InChI=1S/C24H27N3O4/c1-31-19-8-6-17(7-9-19)10-13-26-14-11-18(12-15-26)23(30)24-25-20-4-2-3-5-21(20)27(24)16-22(28)29/h2-9,18H,10-16H2,1H3,(H,28,29). The summed E-state index contributed by atoms with van der Waals surface area (Å²) in [5.41, 5.74) is 2.61. The molecule has 1 N–H and O–H groups in total. The van der Waals surface area contributed by atoms with Crippen molar-refractivity contribution in [1.29, 1.82) is 0 Å². The van der Waals surface area contributed by atoms with E-state index in [0.29, 0.717) is 11.0 Å². The molecule has 0 aliphatic carbocycles. The van der Waals surface area contributed by atoms with Crippen LogP contribution in [0.1, 0.15) is 29.0 Å². The smallest absolute Gasteiger partial charge is 0.323 e. The van der Waals surface area contributed by atoms with E-state index in [0.717, 1.165) is 44.6 Å². The highest BCUT2D eigenvalue weighted by Crippen LogP contribution is 2.25. The second-order valence-corrected chi connectivity index (χ2v) is 7.98. The van der Waals surface area contributed by atoms with Crippen LogP contribution < -0.4 is 4.74 Å². The number of likely N-dealkylation sites (tertiary alicyclic amines) is 1. The van der Waals surface area contributed by atoms with Crippen LogP contribution in [0.15, 0.2) is 48.5 Å². The summed E-state index contributed by atoms with van der Waals surface area (Å²) in [6.07, 6.45) is 2.48. The normalized spacial score (nSPS) is 15.3. The van der Waals surface area contributed by atoms with Gasteiger partial charge in [-0.3, -0.25) is 9.59 Å². The molecule has 3 aromatic rings. The Hall–Kier alpha value is -3.19. The van der Waals surface area contributed by atoms with Crippen LogP contribution in [0.5, 0.6) is 5.75 Å². The Labute approximate surface area is 181 Å². The summed E-state index contributed by atoms with van der Waals surface area (Å²) in [5, 5.41) is 9.30. The number of fused-ring (bicyclic) bond motifs is 1. The topological polar surface area (TPSA) is 84.7 Å². The number of hydrogen-bond acceptors (Lipinski definition) is 5. The van der Waals surface area contributed by atoms with Crippen molar-refractivity contribution in [3.8, 4) is 5.75 Å². The van der Waals surface area contributed by atoms with Gasteiger partial charge in [-0.05, 0) is 62.2 Å². The van der Waals surface area contributed by atoms with Gasteiger partial charge in [-0.25, -0.2) is 4.98 Å². The summed E-state index contributed by atoms with van der Waals surface area (Å²) in [6.45, 7) is 2.39. The number of Topliss-reactive ketones (excluding diaryl/α,β-unsaturated/α-hetero) is 1. The van der Waals surface area contributed by atoms with Crippen LogP contribution in [0.4, 0.5) is 0 Å². The van der Waals surface area contributed by atoms with Crippen molar-refractivity contribution in [2.24, 2.45) is 5.92 Å². The van der Waals surface area contributed by atoms with Crippen molar-refractivity contribution in [3.63, 3.8) is 0 Å². The van der Waals surface area contributed by atoms with Crippen LogP contribution in [0.3, 0.4) is 0 Å². The number of imidazole rings is 1. The van der Waals surface area contributed by atoms with Gasteiger partial charge < -0.3 is 19.3 Å². The average molecular weight is 421 g/mol. The van der Waals surface area contributed by atoms with E-state index in [9.17, 15) is 14.7 Å². The summed E-state index contributed by atoms with van der Waals surface area (Å²) in [7, 11) is 1.66. The van der Waals surface area contributed by atoms with Crippen LogP contribution in [-0.4, -0.2) is 58.1 Å². The first kappa shape index (κ1) is 21.1. The zero-order valence-electron chi connectivity index (χ0n) is 17.7. The van der Waals surface area contributed by atoms with Crippen LogP contribution in [0.2, 0.25) is 0 Å². The minimum absolute atomic E-state index is 0.0488. The molecule has 2 aromatic carbocycles. The number of piperidine rings is 1. The molecule has 1 saturated heterocycles. The third-order valence-corrected chi connectivity index (χ3v) is 6.00. The maximum absolute atomic E-state index is 13.2. The lowest BCUT2D eigenvalue weighted by Gasteiger charge is -2.31. The molecule has 0 bridgehead atoms. The number of para-hydroxylation sites is 2. The Morgan fingerprint density at radius 3 is 2.48 bits per heavy atom. The van der Waals surface area contributed by atoms with Gasteiger partial charge in [0.25, 0.3) is 0 Å². The molecule has 0 saturated carbocycles. The lowest BCUT2D eigenvalue weighted by Crippen LogP contribution is -2.38. The average Bonchev–Trinajstić information content (AvgIpc) is 3.16. The Kier molecular flexibility index (Phi) is 6.32. The van der Waals surface area contributed by atoms with Crippen molar-refractivity contribution < 1.29 is 19.4 Å². The van der Waals surface area contributed by atoms with E-state index in [-0.39, 0.29) is 24.1 Å². The highest BCUT2D eigenvalue weighted by molar-refractivity contribution is 5.98. The van der Waals surface area contributed by atoms with Gasteiger partial charge in [0.15, 0.2) is 5.82 Å². The first-order valence-electron chi connectivity index (χ1n) is 10.6. The van der Waals surface area contributed by atoms with Crippen molar-refractivity contribution in [1.82, 2.24) is 14.5 Å². The number of aromatic nitrogens is 2. The number of rotatable bonds is 8. The summed E-state index contributed by atoms with van der Waals surface area (Å²) < 4.78 is 6.74. The third kappa shape index (κ3) is 4.77. The van der Waals surface area contributed by atoms with Crippen molar-refractivity contribution in [3.05, 3.63) is 59.9 Å². The SMILES string of the molecule is COc1ccc(CCN2CCC(C(=O)c3nc4ccccc4n3CC(=O)O)CC2)cc1. The number of aliphatic carboxylic acids is 1. The minimum atomic E-state index is -0.981. The van der Waals surface area contributed by atoms with Gasteiger partial charge in [0.1, 0.15) is 12.3 Å². The molecule has 1 fully saturated rings. The quantitative estimate of drug-likeness (QED) is 0.562. The zero-order valence-corrected chi connectivity index (χ0v) is 17.7. The molecule has 7 nitrogen and oxygen atoms in total. The van der Waals surface area contributed by atoms with Crippen LogP contribution in [0.25, 0.3) is 11.0 Å². The molecule has 1 aliphatic rings.